The van der Waals surface area contributed by atoms with Crippen molar-refractivity contribution in [1.29, 1.82) is 0 Å². The smallest absolute Gasteiger partial charge is 0.315 e. The molecule has 5 nitrogen and oxygen atoms in total. The third-order valence-corrected chi connectivity index (χ3v) is 3.55. The first-order valence-corrected chi connectivity index (χ1v) is 7.64. The number of anilines is 1. The summed E-state index contributed by atoms with van der Waals surface area (Å²) in [5.41, 5.74) is 3.32. The number of amides is 1. The number of carbonyl (C=O) groups is 2. The van der Waals surface area contributed by atoms with Gasteiger partial charge in [0.2, 0.25) is 5.91 Å². The zero-order chi connectivity index (χ0) is 17.5. The predicted octanol–water partition coefficient (Wildman–Crippen LogP) is 3.38. The summed E-state index contributed by atoms with van der Waals surface area (Å²) in [4.78, 5) is 23.8. The molecule has 0 saturated heterocycles. The molecule has 0 heterocycles. The van der Waals surface area contributed by atoms with E-state index in [1.165, 1.54) is 0 Å². The highest BCUT2D eigenvalue weighted by Gasteiger charge is 2.14. The van der Waals surface area contributed by atoms with E-state index in [1.807, 2.05) is 56.3 Å². The fourth-order valence-corrected chi connectivity index (χ4v) is 2.34. The van der Waals surface area contributed by atoms with Gasteiger partial charge in [-0.2, -0.15) is 0 Å². The van der Waals surface area contributed by atoms with Crippen molar-refractivity contribution in [3.63, 3.8) is 0 Å². The van der Waals surface area contributed by atoms with Gasteiger partial charge < -0.3 is 14.8 Å². The molecule has 0 atom stereocenters. The van der Waals surface area contributed by atoms with Gasteiger partial charge in [0.15, 0.2) is 0 Å². The second kappa shape index (κ2) is 8.15. The average Bonchev–Trinajstić information content (AvgIpc) is 2.57. The molecule has 0 spiro atoms. The summed E-state index contributed by atoms with van der Waals surface area (Å²) in [5, 5.41) is 2.76. The maximum absolute atomic E-state index is 12.0. The van der Waals surface area contributed by atoms with Gasteiger partial charge in [0.25, 0.3) is 0 Å². The summed E-state index contributed by atoms with van der Waals surface area (Å²) < 4.78 is 10.3. The first-order chi connectivity index (χ1) is 11.5. The molecular weight excluding hydrogens is 306 g/mol. The van der Waals surface area contributed by atoms with Crippen LogP contribution in [0.1, 0.15) is 23.1 Å². The molecular formula is C19H21NO4. The van der Waals surface area contributed by atoms with Crippen molar-refractivity contribution in [2.75, 3.05) is 12.4 Å². The van der Waals surface area contributed by atoms with E-state index < -0.39 is 11.9 Å². The van der Waals surface area contributed by atoms with E-state index in [4.69, 9.17) is 9.47 Å². The molecule has 24 heavy (non-hydrogen) atoms. The van der Waals surface area contributed by atoms with E-state index in [-0.39, 0.29) is 13.0 Å². The molecule has 0 aliphatic carbocycles. The second-order valence-corrected chi connectivity index (χ2v) is 5.51. The Morgan fingerprint density at radius 2 is 1.67 bits per heavy atom. The number of hydrogen-bond acceptors (Lipinski definition) is 4. The van der Waals surface area contributed by atoms with Crippen LogP contribution in [0, 0.1) is 13.8 Å². The van der Waals surface area contributed by atoms with E-state index in [1.54, 1.807) is 7.11 Å². The summed E-state index contributed by atoms with van der Waals surface area (Å²) in [7, 11) is 1.59. The van der Waals surface area contributed by atoms with Crippen LogP contribution in [0.3, 0.4) is 0 Å². The Morgan fingerprint density at radius 3 is 2.25 bits per heavy atom. The molecule has 1 N–H and O–H groups in total. The van der Waals surface area contributed by atoms with Gasteiger partial charge in [-0.3, -0.25) is 9.59 Å². The Hall–Kier alpha value is -2.82. The van der Waals surface area contributed by atoms with E-state index >= 15 is 0 Å². The van der Waals surface area contributed by atoms with Gasteiger partial charge in [0.1, 0.15) is 18.8 Å². The summed E-state index contributed by atoms with van der Waals surface area (Å²) in [6.07, 6.45) is -0.322. The highest BCUT2D eigenvalue weighted by Crippen LogP contribution is 2.26. The Labute approximate surface area is 141 Å². The fraction of sp³-hybridized carbons (Fsp3) is 0.263. The van der Waals surface area contributed by atoms with Crippen LogP contribution in [0.5, 0.6) is 5.75 Å². The van der Waals surface area contributed by atoms with E-state index in [9.17, 15) is 9.59 Å². The van der Waals surface area contributed by atoms with Crippen molar-refractivity contribution < 1.29 is 19.1 Å². The standard InChI is InChI=1S/C19H21NO4/c1-13-9-16(23-3)10-14(2)19(13)20-17(21)11-18(22)24-12-15-7-5-4-6-8-15/h4-10H,11-12H2,1-3H3,(H,20,21). The van der Waals surface area contributed by atoms with Gasteiger partial charge in [-0.15, -0.1) is 0 Å². The highest BCUT2D eigenvalue weighted by atomic mass is 16.5. The lowest BCUT2D eigenvalue weighted by atomic mass is 10.1. The van der Waals surface area contributed by atoms with Crippen LogP contribution in [0.4, 0.5) is 5.69 Å². The second-order valence-electron chi connectivity index (χ2n) is 5.51. The number of ether oxygens (including phenoxy) is 2. The van der Waals surface area contributed by atoms with E-state index in [0.29, 0.717) is 5.69 Å². The quantitative estimate of drug-likeness (QED) is 0.652. The van der Waals surface area contributed by atoms with Gasteiger partial charge in [-0.25, -0.2) is 0 Å². The van der Waals surface area contributed by atoms with E-state index in [0.717, 1.165) is 22.4 Å². The molecule has 0 aliphatic rings. The SMILES string of the molecule is COc1cc(C)c(NC(=O)CC(=O)OCc2ccccc2)c(C)c1. The minimum atomic E-state index is -0.555. The van der Waals surface area contributed by atoms with Gasteiger partial charge >= 0.3 is 5.97 Å². The first-order valence-electron chi connectivity index (χ1n) is 7.64. The number of methoxy groups -OCH3 is 1. The highest BCUT2D eigenvalue weighted by molar-refractivity contribution is 6.02. The third-order valence-electron chi connectivity index (χ3n) is 3.55. The fourth-order valence-electron chi connectivity index (χ4n) is 2.34. The average molecular weight is 327 g/mol. The van der Waals surface area contributed by atoms with Crippen LogP contribution in [0.15, 0.2) is 42.5 Å². The lowest BCUT2D eigenvalue weighted by Crippen LogP contribution is -2.19. The zero-order valence-corrected chi connectivity index (χ0v) is 14.1. The van der Waals surface area contributed by atoms with E-state index in [2.05, 4.69) is 5.32 Å². The minimum Gasteiger partial charge on any atom is -0.497 e. The molecule has 5 heteroatoms. The van der Waals surface area contributed by atoms with Gasteiger partial charge in [-0.1, -0.05) is 30.3 Å². The molecule has 2 aromatic carbocycles. The molecule has 0 aliphatic heterocycles. The molecule has 0 saturated carbocycles. The van der Waals surface area contributed by atoms with Crippen molar-refractivity contribution >= 4 is 17.6 Å². The minimum absolute atomic E-state index is 0.160. The van der Waals surface area contributed by atoms with Crippen molar-refractivity contribution in [2.45, 2.75) is 26.9 Å². The number of hydrogen-bond donors (Lipinski definition) is 1. The molecule has 0 bridgehead atoms. The topological polar surface area (TPSA) is 64.6 Å². The summed E-state index contributed by atoms with van der Waals surface area (Å²) >= 11 is 0. The van der Waals surface area contributed by atoms with Crippen LogP contribution >= 0.6 is 0 Å². The molecule has 0 unspecified atom stereocenters. The molecule has 0 aromatic heterocycles. The van der Waals surface area contributed by atoms with Crippen molar-refractivity contribution in [2.24, 2.45) is 0 Å². The maximum atomic E-state index is 12.0. The Balaban J connectivity index is 1.90. The maximum Gasteiger partial charge on any atom is 0.315 e. The number of esters is 1. The lowest BCUT2D eigenvalue weighted by Gasteiger charge is -2.13. The molecule has 0 fully saturated rings. The number of aryl methyl sites for hydroxylation is 2. The Bertz CT molecular complexity index is 702. The molecule has 126 valence electrons. The number of nitrogens with one attached hydrogen (secondary N) is 1. The lowest BCUT2D eigenvalue weighted by molar-refractivity contribution is -0.146. The monoisotopic (exact) mass is 327 g/mol. The largest absolute Gasteiger partial charge is 0.497 e. The molecule has 1 amide bonds. The molecule has 0 radical (unpaired) electrons. The Morgan fingerprint density at radius 1 is 1.04 bits per heavy atom. The molecule has 2 rings (SSSR count). The summed E-state index contributed by atoms with van der Waals surface area (Å²) in [5.74, 6) is -0.227. The summed E-state index contributed by atoms with van der Waals surface area (Å²) in [6.45, 7) is 3.91. The number of carbonyl (C=O) groups excluding carboxylic acids is 2. The third kappa shape index (κ3) is 4.84. The first kappa shape index (κ1) is 17.5. The van der Waals surface area contributed by atoms with Crippen LogP contribution in [0.25, 0.3) is 0 Å². The van der Waals surface area contributed by atoms with Crippen molar-refractivity contribution in [3.8, 4) is 5.75 Å². The number of rotatable bonds is 6. The van der Waals surface area contributed by atoms with Crippen LogP contribution in [-0.4, -0.2) is 19.0 Å². The van der Waals surface area contributed by atoms with Crippen molar-refractivity contribution in [3.05, 3.63) is 59.2 Å². The van der Waals surface area contributed by atoms with Gasteiger partial charge in [0.05, 0.1) is 7.11 Å². The van der Waals surface area contributed by atoms with Crippen LogP contribution < -0.4 is 10.1 Å². The zero-order valence-electron chi connectivity index (χ0n) is 14.1. The van der Waals surface area contributed by atoms with Crippen LogP contribution in [0.2, 0.25) is 0 Å². The molecule has 2 aromatic rings. The van der Waals surface area contributed by atoms with Gasteiger partial charge in [0, 0.05) is 5.69 Å². The van der Waals surface area contributed by atoms with Crippen molar-refractivity contribution in [1.82, 2.24) is 0 Å². The van der Waals surface area contributed by atoms with Crippen LogP contribution in [-0.2, 0) is 20.9 Å². The number of benzene rings is 2. The summed E-state index contributed by atoms with van der Waals surface area (Å²) in [6, 6.07) is 13.0. The Kier molecular flexibility index (Phi) is 5.95. The normalized spacial score (nSPS) is 10.1. The predicted molar refractivity (Wildman–Crippen MR) is 92.0 cm³/mol. The van der Waals surface area contributed by atoms with Gasteiger partial charge in [-0.05, 0) is 42.7 Å².